The summed E-state index contributed by atoms with van der Waals surface area (Å²) in [5.41, 5.74) is -0.946. The summed E-state index contributed by atoms with van der Waals surface area (Å²) < 4.78 is 10.9. The number of aliphatic carboxylic acids is 1. The highest BCUT2D eigenvalue weighted by atomic mass is 16.6. The highest BCUT2D eigenvalue weighted by molar-refractivity contribution is 5.77. The molecular formula is C12H22O4. The Kier molecular flexibility index (Phi) is 5.22. The standard InChI is InChI=1S/C12H22O4/c1-10(2)15-8-9-16-12(11(13)14)6-4-3-5-7-12/h10H,3-9H2,1-2H3,(H,13,14). The molecule has 0 unspecified atom stereocenters. The summed E-state index contributed by atoms with van der Waals surface area (Å²) >= 11 is 0. The van der Waals surface area contributed by atoms with Crippen LogP contribution in [0.1, 0.15) is 46.0 Å². The van der Waals surface area contributed by atoms with Gasteiger partial charge in [-0.05, 0) is 39.5 Å². The van der Waals surface area contributed by atoms with Crippen molar-refractivity contribution in [2.24, 2.45) is 0 Å². The van der Waals surface area contributed by atoms with Crippen LogP contribution in [0, 0.1) is 0 Å². The molecule has 0 aromatic heterocycles. The normalized spacial score (nSPS) is 19.9. The number of carboxylic acid groups (broad SMARTS) is 1. The van der Waals surface area contributed by atoms with E-state index in [0.29, 0.717) is 26.1 Å². The largest absolute Gasteiger partial charge is 0.479 e. The van der Waals surface area contributed by atoms with Crippen molar-refractivity contribution in [2.45, 2.75) is 57.7 Å². The van der Waals surface area contributed by atoms with Gasteiger partial charge in [0.2, 0.25) is 0 Å². The van der Waals surface area contributed by atoms with Crippen molar-refractivity contribution in [2.75, 3.05) is 13.2 Å². The first kappa shape index (κ1) is 13.5. The zero-order chi connectivity index (χ0) is 12.0. The molecule has 1 aliphatic rings. The maximum atomic E-state index is 11.2. The van der Waals surface area contributed by atoms with Gasteiger partial charge in [0, 0.05) is 0 Å². The van der Waals surface area contributed by atoms with E-state index in [1.807, 2.05) is 13.8 Å². The third-order valence-corrected chi connectivity index (χ3v) is 2.96. The van der Waals surface area contributed by atoms with E-state index in [1.165, 1.54) is 0 Å². The van der Waals surface area contributed by atoms with Gasteiger partial charge in [-0.15, -0.1) is 0 Å². The Morgan fingerprint density at radius 2 is 1.88 bits per heavy atom. The van der Waals surface area contributed by atoms with Gasteiger partial charge in [0.05, 0.1) is 19.3 Å². The molecule has 0 aliphatic heterocycles. The van der Waals surface area contributed by atoms with Crippen molar-refractivity contribution in [3.05, 3.63) is 0 Å². The van der Waals surface area contributed by atoms with Gasteiger partial charge in [0.25, 0.3) is 0 Å². The summed E-state index contributed by atoms with van der Waals surface area (Å²) in [6, 6.07) is 0. The van der Waals surface area contributed by atoms with Gasteiger partial charge in [-0.2, -0.15) is 0 Å². The van der Waals surface area contributed by atoms with E-state index in [1.54, 1.807) is 0 Å². The second-order valence-electron chi connectivity index (χ2n) is 4.63. The fourth-order valence-corrected chi connectivity index (χ4v) is 2.06. The lowest BCUT2D eigenvalue weighted by atomic mass is 9.85. The van der Waals surface area contributed by atoms with E-state index in [9.17, 15) is 9.90 Å². The topological polar surface area (TPSA) is 55.8 Å². The average molecular weight is 230 g/mol. The second-order valence-corrected chi connectivity index (χ2v) is 4.63. The Balaban J connectivity index is 2.36. The van der Waals surface area contributed by atoms with E-state index in [2.05, 4.69) is 0 Å². The first-order valence-electron chi connectivity index (χ1n) is 6.06. The molecule has 94 valence electrons. The first-order chi connectivity index (χ1) is 7.57. The summed E-state index contributed by atoms with van der Waals surface area (Å²) in [4.78, 5) is 11.2. The van der Waals surface area contributed by atoms with Crippen molar-refractivity contribution in [3.63, 3.8) is 0 Å². The van der Waals surface area contributed by atoms with Crippen LogP contribution in [0.4, 0.5) is 0 Å². The average Bonchev–Trinajstić information content (AvgIpc) is 2.25. The quantitative estimate of drug-likeness (QED) is 0.711. The molecule has 4 nitrogen and oxygen atoms in total. The first-order valence-corrected chi connectivity index (χ1v) is 6.06. The van der Waals surface area contributed by atoms with Crippen LogP contribution < -0.4 is 0 Å². The number of carboxylic acids is 1. The molecule has 0 saturated heterocycles. The van der Waals surface area contributed by atoms with Crippen LogP contribution in [-0.2, 0) is 14.3 Å². The Morgan fingerprint density at radius 1 is 1.25 bits per heavy atom. The number of hydrogen-bond acceptors (Lipinski definition) is 3. The van der Waals surface area contributed by atoms with E-state index in [4.69, 9.17) is 9.47 Å². The lowest BCUT2D eigenvalue weighted by Crippen LogP contribution is -2.44. The Hall–Kier alpha value is -0.610. The lowest BCUT2D eigenvalue weighted by molar-refractivity contribution is -0.173. The SMILES string of the molecule is CC(C)OCCOC1(C(=O)O)CCCCC1. The molecule has 0 radical (unpaired) electrons. The van der Waals surface area contributed by atoms with Crippen molar-refractivity contribution in [1.82, 2.24) is 0 Å². The number of carbonyl (C=O) groups is 1. The second kappa shape index (κ2) is 6.21. The summed E-state index contributed by atoms with van der Waals surface area (Å²) in [6.45, 7) is 4.73. The maximum Gasteiger partial charge on any atom is 0.335 e. The van der Waals surface area contributed by atoms with E-state index in [-0.39, 0.29) is 6.10 Å². The van der Waals surface area contributed by atoms with Crippen LogP contribution in [0.3, 0.4) is 0 Å². The van der Waals surface area contributed by atoms with Crippen molar-refractivity contribution < 1.29 is 19.4 Å². The molecule has 1 rings (SSSR count). The summed E-state index contributed by atoms with van der Waals surface area (Å²) in [6.07, 6.45) is 4.42. The highest BCUT2D eigenvalue weighted by Gasteiger charge is 2.40. The molecule has 16 heavy (non-hydrogen) atoms. The molecule has 1 fully saturated rings. The fourth-order valence-electron chi connectivity index (χ4n) is 2.06. The molecule has 0 spiro atoms. The van der Waals surface area contributed by atoms with Crippen LogP contribution in [0.2, 0.25) is 0 Å². The monoisotopic (exact) mass is 230 g/mol. The summed E-state index contributed by atoms with van der Waals surface area (Å²) in [5.74, 6) is -0.822. The predicted molar refractivity (Wildman–Crippen MR) is 60.5 cm³/mol. The van der Waals surface area contributed by atoms with Crippen LogP contribution in [0.15, 0.2) is 0 Å². The molecular weight excluding hydrogens is 208 g/mol. The summed E-state index contributed by atoms with van der Waals surface area (Å²) in [7, 11) is 0. The van der Waals surface area contributed by atoms with Crippen LogP contribution in [0.5, 0.6) is 0 Å². The third kappa shape index (κ3) is 3.76. The number of ether oxygens (including phenoxy) is 2. The van der Waals surface area contributed by atoms with Crippen LogP contribution in [0.25, 0.3) is 0 Å². The zero-order valence-corrected chi connectivity index (χ0v) is 10.2. The third-order valence-electron chi connectivity index (χ3n) is 2.96. The van der Waals surface area contributed by atoms with Crippen molar-refractivity contribution >= 4 is 5.97 Å². The molecule has 0 heterocycles. The Bertz CT molecular complexity index is 219. The van der Waals surface area contributed by atoms with Crippen LogP contribution in [-0.4, -0.2) is 36.0 Å². The van der Waals surface area contributed by atoms with Gasteiger partial charge in [0.1, 0.15) is 0 Å². The smallest absolute Gasteiger partial charge is 0.335 e. The van der Waals surface area contributed by atoms with Gasteiger partial charge >= 0.3 is 5.97 Å². The van der Waals surface area contributed by atoms with Gasteiger partial charge in [0.15, 0.2) is 5.60 Å². The predicted octanol–water partition coefficient (Wildman–Crippen LogP) is 2.22. The number of hydrogen-bond donors (Lipinski definition) is 1. The lowest BCUT2D eigenvalue weighted by Gasteiger charge is -2.33. The number of rotatable bonds is 6. The molecule has 1 aliphatic carbocycles. The van der Waals surface area contributed by atoms with E-state index >= 15 is 0 Å². The zero-order valence-electron chi connectivity index (χ0n) is 10.2. The van der Waals surface area contributed by atoms with Crippen molar-refractivity contribution in [3.8, 4) is 0 Å². The molecule has 1 saturated carbocycles. The van der Waals surface area contributed by atoms with Crippen molar-refractivity contribution in [1.29, 1.82) is 0 Å². The van der Waals surface area contributed by atoms with Gasteiger partial charge in [-0.1, -0.05) is 6.42 Å². The minimum Gasteiger partial charge on any atom is -0.479 e. The minimum atomic E-state index is -0.946. The van der Waals surface area contributed by atoms with Gasteiger partial charge in [-0.3, -0.25) is 0 Å². The molecule has 0 atom stereocenters. The Morgan fingerprint density at radius 3 is 2.38 bits per heavy atom. The molecule has 1 N–H and O–H groups in total. The van der Waals surface area contributed by atoms with Crippen LogP contribution >= 0.6 is 0 Å². The minimum absolute atomic E-state index is 0.163. The van der Waals surface area contributed by atoms with Gasteiger partial charge < -0.3 is 14.6 Å². The molecule has 0 aromatic carbocycles. The van der Waals surface area contributed by atoms with E-state index < -0.39 is 11.6 Å². The van der Waals surface area contributed by atoms with Gasteiger partial charge in [-0.25, -0.2) is 4.79 Å². The molecule has 0 bridgehead atoms. The highest BCUT2D eigenvalue weighted by Crippen LogP contribution is 2.31. The fraction of sp³-hybridized carbons (Fsp3) is 0.917. The molecule has 0 amide bonds. The molecule has 4 heteroatoms. The maximum absolute atomic E-state index is 11.2. The van der Waals surface area contributed by atoms with E-state index in [0.717, 1.165) is 19.3 Å². The summed E-state index contributed by atoms with van der Waals surface area (Å²) in [5, 5.41) is 9.23. The molecule has 0 aromatic rings. The Labute approximate surface area is 96.9 Å².